The Morgan fingerprint density at radius 2 is 1.68 bits per heavy atom. The summed E-state index contributed by atoms with van der Waals surface area (Å²) in [5.74, 6) is 0.370. The van der Waals surface area contributed by atoms with Crippen LogP contribution in [0.3, 0.4) is 0 Å². The van der Waals surface area contributed by atoms with Crippen LogP contribution in [0.5, 0.6) is 0 Å². The van der Waals surface area contributed by atoms with Gasteiger partial charge in [-0.1, -0.05) is 38.5 Å². The third-order valence-electron chi connectivity index (χ3n) is 6.34. The number of nitrogens with one attached hydrogen (secondary N) is 2. The van der Waals surface area contributed by atoms with Crippen molar-refractivity contribution >= 4 is 23.4 Å². The lowest BCUT2D eigenvalue weighted by molar-refractivity contribution is -0.137. The molecule has 216 valence electrons. The Morgan fingerprint density at radius 3 is 2.27 bits per heavy atom. The summed E-state index contributed by atoms with van der Waals surface area (Å²) in [7, 11) is 0. The molecule has 0 aliphatic heterocycles. The molecule has 0 bridgehead atoms. The summed E-state index contributed by atoms with van der Waals surface area (Å²) in [4.78, 5) is 27.7. The van der Waals surface area contributed by atoms with E-state index in [9.17, 15) is 22.8 Å². The first-order chi connectivity index (χ1) is 19.2. The van der Waals surface area contributed by atoms with Gasteiger partial charge < -0.3 is 20.0 Å². The Bertz CT molecular complexity index is 1520. The molecule has 4 rings (SSSR count). The quantitative estimate of drug-likeness (QED) is 0.250. The predicted molar refractivity (Wildman–Crippen MR) is 150 cm³/mol. The highest BCUT2D eigenvalue weighted by Crippen LogP contribution is 2.30. The van der Waals surface area contributed by atoms with Gasteiger partial charge in [-0.3, -0.25) is 4.79 Å². The van der Waals surface area contributed by atoms with Crippen LogP contribution in [0.25, 0.3) is 5.69 Å². The first kappa shape index (κ1) is 29.4. The molecule has 11 heteroatoms. The number of carbonyl (C=O) groups is 2. The summed E-state index contributed by atoms with van der Waals surface area (Å²) in [6.07, 6.45) is -3.06. The van der Waals surface area contributed by atoms with Crippen molar-refractivity contribution in [3.8, 4) is 5.69 Å². The molecule has 0 fully saturated rings. The number of amides is 3. The van der Waals surface area contributed by atoms with Crippen molar-refractivity contribution in [1.82, 2.24) is 14.7 Å². The minimum absolute atomic E-state index is 0.0452. The molecule has 2 N–H and O–H groups in total. The van der Waals surface area contributed by atoms with Gasteiger partial charge in [0, 0.05) is 17.2 Å². The fourth-order valence-electron chi connectivity index (χ4n) is 4.15. The Hall–Kier alpha value is -4.54. The van der Waals surface area contributed by atoms with Gasteiger partial charge in [-0.05, 0) is 61.9 Å². The minimum atomic E-state index is -4.50. The van der Waals surface area contributed by atoms with E-state index >= 15 is 0 Å². The zero-order chi connectivity index (χ0) is 29.9. The largest absolute Gasteiger partial charge is 0.467 e. The van der Waals surface area contributed by atoms with E-state index in [0.29, 0.717) is 11.6 Å². The number of anilines is 2. The van der Waals surface area contributed by atoms with Crippen LogP contribution in [0.15, 0.2) is 71.3 Å². The molecule has 0 radical (unpaired) electrons. The third kappa shape index (κ3) is 7.36. The molecule has 0 saturated heterocycles. The van der Waals surface area contributed by atoms with E-state index in [0.717, 1.165) is 46.8 Å². The van der Waals surface area contributed by atoms with Crippen LogP contribution in [-0.4, -0.2) is 33.2 Å². The summed E-state index contributed by atoms with van der Waals surface area (Å²) < 4.78 is 45.8. The number of urea groups is 1. The predicted octanol–water partition coefficient (Wildman–Crippen LogP) is 7.07. The molecule has 4 aromatic rings. The van der Waals surface area contributed by atoms with E-state index in [1.54, 1.807) is 22.9 Å². The number of benzene rings is 2. The van der Waals surface area contributed by atoms with Crippen molar-refractivity contribution in [3.63, 3.8) is 0 Å². The Morgan fingerprint density at radius 1 is 0.976 bits per heavy atom. The molecule has 0 saturated carbocycles. The molecule has 0 spiro atoms. The average molecular weight is 568 g/mol. The van der Waals surface area contributed by atoms with Crippen LogP contribution in [-0.2, 0) is 22.9 Å². The number of hydrogen-bond acceptors (Lipinski definition) is 4. The highest BCUT2D eigenvalue weighted by Gasteiger charge is 2.30. The van der Waals surface area contributed by atoms with Crippen molar-refractivity contribution in [1.29, 1.82) is 0 Å². The Balaban J connectivity index is 1.57. The van der Waals surface area contributed by atoms with Crippen molar-refractivity contribution < 1.29 is 27.2 Å². The number of hydrogen-bond donors (Lipinski definition) is 2. The Labute approximate surface area is 236 Å². The first-order valence-corrected chi connectivity index (χ1v) is 12.9. The normalized spacial score (nSPS) is 11.8. The molecule has 8 nitrogen and oxygen atoms in total. The van der Waals surface area contributed by atoms with Gasteiger partial charge in [0.2, 0.25) is 5.91 Å². The molecule has 2 heterocycles. The van der Waals surface area contributed by atoms with Crippen LogP contribution in [0, 0.1) is 13.8 Å². The van der Waals surface area contributed by atoms with E-state index in [2.05, 4.69) is 10.6 Å². The Kier molecular flexibility index (Phi) is 8.27. The number of halogens is 3. The van der Waals surface area contributed by atoms with Gasteiger partial charge in [0.1, 0.15) is 18.1 Å². The molecule has 0 aliphatic rings. The maximum absolute atomic E-state index is 13.3. The van der Waals surface area contributed by atoms with Crippen molar-refractivity contribution in [3.05, 3.63) is 95.1 Å². The van der Waals surface area contributed by atoms with Gasteiger partial charge in [0.15, 0.2) is 0 Å². The molecular formula is C30H32F3N5O3. The molecule has 41 heavy (non-hydrogen) atoms. The van der Waals surface area contributed by atoms with E-state index in [-0.39, 0.29) is 24.2 Å². The first-order valence-electron chi connectivity index (χ1n) is 12.9. The second-order valence-electron chi connectivity index (χ2n) is 10.9. The highest BCUT2D eigenvalue weighted by atomic mass is 19.4. The number of aromatic nitrogens is 2. The number of aryl methyl sites for hydroxylation is 2. The molecule has 0 atom stereocenters. The number of rotatable bonds is 7. The highest BCUT2D eigenvalue weighted by molar-refractivity contribution is 5.96. The van der Waals surface area contributed by atoms with Gasteiger partial charge in [-0.2, -0.15) is 18.3 Å². The van der Waals surface area contributed by atoms with Crippen LogP contribution in [0.4, 0.5) is 29.5 Å². The second kappa shape index (κ2) is 11.5. The third-order valence-corrected chi connectivity index (χ3v) is 6.34. The summed E-state index contributed by atoms with van der Waals surface area (Å²) in [5.41, 5.74) is 2.64. The standard InChI is InChI=1S/C30H32F3N5O3/c1-19-8-13-24(20(2)15-19)38-26(16-25(36-38)29(3,4)5)35-27(39)18-37(17-23-7-6-14-41-23)28(40)34-22-11-9-21(10-12-22)30(31,32)33/h6-16H,17-18H2,1-5H3,(H,34,40)(H,35,39). The van der Waals surface area contributed by atoms with Gasteiger partial charge in [0.05, 0.1) is 29.8 Å². The topological polar surface area (TPSA) is 92.4 Å². The van der Waals surface area contributed by atoms with E-state index in [4.69, 9.17) is 9.52 Å². The summed E-state index contributed by atoms with van der Waals surface area (Å²) in [6.45, 7) is 9.60. The summed E-state index contributed by atoms with van der Waals surface area (Å²) in [5, 5.41) is 10.2. The number of nitrogens with zero attached hydrogens (tertiary/aromatic N) is 3. The average Bonchev–Trinajstić information content (AvgIpc) is 3.53. The van der Waals surface area contributed by atoms with Crippen molar-refractivity contribution in [2.24, 2.45) is 0 Å². The summed E-state index contributed by atoms with van der Waals surface area (Å²) in [6, 6.07) is 14.4. The molecule has 0 aliphatic carbocycles. The second-order valence-corrected chi connectivity index (χ2v) is 10.9. The van der Waals surface area contributed by atoms with Gasteiger partial charge in [0.25, 0.3) is 0 Å². The lowest BCUT2D eigenvalue weighted by Gasteiger charge is -2.22. The number of furan rings is 1. The van der Waals surface area contributed by atoms with Gasteiger partial charge in [-0.15, -0.1) is 0 Å². The molecule has 0 unspecified atom stereocenters. The molecule has 2 aromatic heterocycles. The van der Waals surface area contributed by atoms with Crippen LogP contribution < -0.4 is 10.6 Å². The molecular weight excluding hydrogens is 535 g/mol. The lowest BCUT2D eigenvalue weighted by Crippen LogP contribution is -2.40. The van der Waals surface area contributed by atoms with Crippen molar-refractivity contribution in [2.75, 3.05) is 17.2 Å². The fourth-order valence-corrected chi connectivity index (χ4v) is 4.15. The lowest BCUT2D eigenvalue weighted by atomic mass is 9.92. The van der Waals surface area contributed by atoms with Gasteiger partial charge >= 0.3 is 12.2 Å². The zero-order valence-corrected chi connectivity index (χ0v) is 23.5. The zero-order valence-electron chi connectivity index (χ0n) is 23.5. The smallest absolute Gasteiger partial charge is 0.416 e. The maximum Gasteiger partial charge on any atom is 0.416 e. The molecule has 2 aromatic carbocycles. The van der Waals surface area contributed by atoms with E-state index < -0.39 is 23.7 Å². The number of alkyl halides is 3. The summed E-state index contributed by atoms with van der Waals surface area (Å²) >= 11 is 0. The fraction of sp³-hybridized carbons (Fsp3) is 0.300. The molecule has 3 amide bonds. The number of carbonyl (C=O) groups excluding carboxylic acids is 2. The SMILES string of the molecule is Cc1ccc(-n2nc(C(C)(C)C)cc2NC(=O)CN(Cc2ccco2)C(=O)Nc2ccc(C(F)(F)F)cc2)c(C)c1. The van der Waals surface area contributed by atoms with Gasteiger partial charge in [-0.25, -0.2) is 9.48 Å². The van der Waals surface area contributed by atoms with Crippen LogP contribution in [0.1, 0.15) is 48.9 Å². The van der Waals surface area contributed by atoms with E-state index in [1.165, 1.54) is 11.2 Å². The monoisotopic (exact) mass is 567 g/mol. The van der Waals surface area contributed by atoms with Crippen LogP contribution >= 0.6 is 0 Å². The van der Waals surface area contributed by atoms with E-state index in [1.807, 2.05) is 52.8 Å². The minimum Gasteiger partial charge on any atom is -0.467 e. The van der Waals surface area contributed by atoms with Crippen LogP contribution in [0.2, 0.25) is 0 Å². The van der Waals surface area contributed by atoms with Crippen molar-refractivity contribution in [2.45, 2.75) is 52.8 Å². The maximum atomic E-state index is 13.3.